The average Bonchev–Trinajstić information content (AvgIpc) is 3.08. The first-order valence-electron chi connectivity index (χ1n) is 8.36. The Morgan fingerprint density at radius 2 is 2.15 bits per heavy atom. The normalized spacial score (nSPS) is 11.0. The Hall–Kier alpha value is -1.42. The van der Waals surface area contributed by atoms with Crippen LogP contribution in [0.5, 0.6) is 5.75 Å². The molecule has 2 rings (SSSR count). The van der Waals surface area contributed by atoms with Crippen molar-refractivity contribution < 1.29 is 9.13 Å². The van der Waals surface area contributed by atoms with Gasteiger partial charge in [-0.3, -0.25) is 4.99 Å². The molecule has 5 nitrogen and oxygen atoms in total. The Labute approximate surface area is 175 Å². The van der Waals surface area contributed by atoms with E-state index in [1.165, 1.54) is 10.9 Å². The predicted molar refractivity (Wildman–Crippen MR) is 116 cm³/mol. The smallest absolute Gasteiger partial charge is 0.193 e. The van der Waals surface area contributed by atoms with Crippen molar-refractivity contribution in [3.05, 3.63) is 46.2 Å². The number of guanidine groups is 1. The number of thiazole rings is 1. The molecular formula is C18H26FIN4OS. The number of aryl methyl sites for hydroxylation is 1. The van der Waals surface area contributed by atoms with E-state index in [1.807, 2.05) is 18.1 Å². The van der Waals surface area contributed by atoms with E-state index in [2.05, 4.69) is 22.2 Å². The zero-order valence-electron chi connectivity index (χ0n) is 15.4. The van der Waals surface area contributed by atoms with Crippen LogP contribution in [0, 0.1) is 5.82 Å². The van der Waals surface area contributed by atoms with Crippen LogP contribution in [-0.4, -0.2) is 49.6 Å². The third-order valence-electron chi connectivity index (χ3n) is 3.67. The van der Waals surface area contributed by atoms with Crippen LogP contribution < -0.4 is 10.1 Å². The lowest BCUT2D eigenvalue weighted by molar-refractivity contribution is 0.270. The summed E-state index contributed by atoms with van der Waals surface area (Å²) in [6, 6.07) is 6.42. The fraction of sp³-hybridized carbons (Fsp3) is 0.444. The minimum atomic E-state index is -0.345. The highest BCUT2D eigenvalue weighted by Crippen LogP contribution is 2.15. The number of nitrogens with one attached hydrogen (secondary N) is 1. The van der Waals surface area contributed by atoms with E-state index in [0.717, 1.165) is 30.4 Å². The summed E-state index contributed by atoms with van der Waals surface area (Å²) in [7, 11) is 3.67. The number of para-hydroxylation sites is 1. The van der Waals surface area contributed by atoms with E-state index in [1.54, 1.807) is 36.6 Å². The van der Waals surface area contributed by atoms with E-state index >= 15 is 0 Å². The molecule has 0 radical (unpaired) electrons. The number of nitrogens with zero attached hydrogens (tertiary/aromatic N) is 3. The van der Waals surface area contributed by atoms with Crippen molar-refractivity contribution in [3.8, 4) is 5.75 Å². The maximum absolute atomic E-state index is 13.5. The Morgan fingerprint density at radius 3 is 2.81 bits per heavy atom. The average molecular weight is 492 g/mol. The van der Waals surface area contributed by atoms with Crippen molar-refractivity contribution in [1.29, 1.82) is 0 Å². The first-order chi connectivity index (χ1) is 12.1. The first-order valence-corrected chi connectivity index (χ1v) is 9.18. The van der Waals surface area contributed by atoms with E-state index in [0.29, 0.717) is 13.2 Å². The van der Waals surface area contributed by atoms with Gasteiger partial charge in [-0.05, 0) is 18.6 Å². The van der Waals surface area contributed by atoms with E-state index in [4.69, 9.17) is 4.74 Å². The number of rotatable bonds is 8. The van der Waals surface area contributed by atoms with Crippen LogP contribution in [0.3, 0.4) is 0 Å². The van der Waals surface area contributed by atoms with E-state index < -0.39 is 0 Å². The SMILES string of the molecule is CCc1cnc(CCNC(=NC)N(C)CCOc2ccccc2F)s1.I. The highest BCUT2D eigenvalue weighted by molar-refractivity contribution is 14.0. The summed E-state index contributed by atoms with van der Waals surface area (Å²) in [4.78, 5) is 11.9. The molecule has 0 saturated heterocycles. The van der Waals surface area contributed by atoms with Crippen LogP contribution >= 0.6 is 35.3 Å². The topological polar surface area (TPSA) is 49.8 Å². The molecule has 0 unspecified atom stereocenters. The van der Waals surface area contributed by atoms with Gasteiger partial charge in [0.2, 0.25) is 0 Å². The third-order valence-corrected chi connectivity index (χ3v) is 4.87. The highest BCUT2D eigenvalue weighted by Gasteiger charge is 2.08. The molecule has 0 fully saturated rings. The molecule has 0 spiro atoms. The van der Waals surface area contributed by atoms with Crippen molar-refractivity contribution in [2.75, 3.05) is 33.8 Å². The molecule has 2 aromatic rings. The summed E-state index contributed by atoms with van der Waals surface area (Å²) in [6.45, 7) is 3.88. The van der Waals surface area contributed by atoms with Gasteiger partial charge in [0.15, 0.2) is 17.5 Å². The summed E-state index contributed by atoms with van der Waals surface area (Å²) >= 11 is 1.75. The lowest BCUT2D eigenvalue weighted by Gasteiger charge is -2.22. The number of likely N-dealkylation sites (N-methyl/N-ethyl adjacent to an activating group) is 1. The minimum absolute atomic E-state index is 0. The molecule has 0 amide bonds. The zero-order chi connectivity index (χ0) is 18.1. The second-order valence-corrected chi connectivity index (χ2v) is 6.70. The van der Waals surface area contributed by atoms with Gasteiger partial charge in [-0.25, -0.2) is 9.37 Å². The van der Waals surface area contributed by atoms with Crippen LogP contribution in [0.4, 0.5) is 4.39 Å². The fourth-order valence-electron chi connectivity index (χ4n) is 2.25. The lowest BCUT2D eigenvalue weighted by atomic mass is 10.3. The number of aliphatic imine (C=N–C) groups is 1. The molecule has 8 heteroatoms. The van der Waals surface area contributed by atoms with Gasteiger partial charge < -0.3 is 15.0 Å². The zero-order valence-corrected chi connectivity index (χ0v) is 18.5. The van der Waals surface area contributed by atoms with Gasteiger partial charge in [0, 0.05) is 38.1 Å². The number of aromatic nitrogens is 1. The first kappa shape index (κ1) is 22.6. The minimum Gasteiger partial charge on any atom is -0.489 e. The fourth-order valence-corrected chi connectivity index (χ4v) is 3.12. The van der Waals surface area contributed by atoms with Crippen molar-refractivity contribution in [2.24, 2.45) is 4.99 Å². The summed E-state index contributed by atoms with van der Waals surface area (Å²) < 4.78 is 19.0. The molecule has 0 bridgehead atoms. The molecule has 144 valence electrons. The Balaban J connectivity index is 0.00000338. The van der Waals surface area contributed by atoms with Gasteiger partial charge in [0.05, 0.1) is 11.6 Å². The summed E-state index contributed by atoms with van der Waals surface area (Å²) in [5.74, 6) is 0.710. The number of hydrogen-bond donors (Lipinski definition) is 1. The van der Waals surface area contributed by atoms with Gasteiger partial charge in [0.1, 0.15) is 6.61 Å². The van der Waals surface area contributed by atoms with Crippen LogP contribution in [-0.2, 0) is 12.8 Å². The standard InChI is InChI=1S/C18H25FN4OS.HI/c1-4-14-13-22-17(25-14)9-10-21-18(20-2)23(3)11-12-24-16-8-6-5-7-15(16)19;/h5-8,13H,4,9-12H2,1-3H3,(H,20,21);1H. The second-order valence-electron chi connectivity index (χ2n) is 5.50. The summed E-state index contributed by atoms with van der Waals surface area (Å²) in [5.41, 5.74) is 0. The highest BCUT2D eigenvalue weighted by atomic mass is 127. The Kier molecular flexibility index (Phi) is 10.5. The molecule has 0 atom stereocenters. The van der Waals surface area contributed by atoms with Crippen molar-refractivity contribution in [1.82, 2.24) is 15.2 Å². The quantitative estimate of drug-likeness (QED) is 0.348. The van der Waals surface area contributed by atoms with Crippen molar-refractivity contribution in [3.63, 3.8) is 0 Å². The van der Waals surface area contributed by atoms with Crippen LogP contribution in [0.15, 0.2) is 35.5 Å². The number of hydrogen-bond acceptors (Lipinski definition) is 4. The van der Waals surface area contributed by atoms with Crippen LogP contribution in [0.1, 0.15) is 16.8 Å². The second kappa shape index (κ2) is 12.1. The molecule has 0 aliphatic rings. The Bertz CT molecular complexity index is 695. The van der Waals surface area contributed by atoms with Crippen molar-refractivity contribution >= 4 is 41.3 Å². The summed E-state index contributed by atoms with van der Waals surface area (Å²) in [5, 5.41) is 4.45. The molecule has 0 saturated carbocycles. The molecule has 0 aliphatic heterocycles. The van der Waals surface area contributed by atoms with Crippen LogP contribution in [0.25, 0.3) is 0 Å². The maximum atomic E-state index is 13.5. The van der Waals surface area contributed by atoms with Gasteiger partial charge in [0.25, 0.3) is 0 Å². The van der Waals surface area contributed by atoms with Gasteiger partial charge >= 0.3 is 0 Å². The van der Waals surface area contributed by atoms with Gasteiger partial charge in [-0.15, -0.1) is 35.3 Å². The molecule has 1 aromatic heterocycles. The third kappa shape index (κ3) is 7.06. The maximum Gasteiger partial charge on any atom is 0.193 e. The van der Waals surface area contributed by atoms with Gasteiger partial charge in [-0.2, -0.15) is 0 Å². The number of halogens is 2. The molecular weight excluding hydrogens is 466 g/mol. The number of benzene rings is 1. The Morgan fingerprint density at radius 1 is 1.38 bits per heavy atom. The molecule has 1 N–H and O–H groups in total. The van der Waals surface area contributed by atoms with Crippen LogP contribution in [0.2, 0.25) is 0 Å². The van der Waals surface area contributed by atoms with E-state index in [9.17, 15) is 4.39 Å². The molecule has 0 aliphatic carbocycles. The molecule has 1 aromatic carbocycles. The van der Waals surface area contributed by atoms with E-state index in [-0.39, 0.29) is 35.5 Å². The predicted octanol–water partition coefficient (Wildman–Crippen LogP) is 3.59. The summed E-state index contributed by atoms with van der Waals surface area (Å²) in [6.07, 6.45) is 3.84. The molecule has 26 heavy (non-hydrogen) atoms. The monoisotopic (exact) mass is 492 g/mol. The number of ether oxygens (including phenoxy) is 1. The van der Waals surface area contributed by atoms with Crippen molar-refractivity contribution in [2.45, 2.75) is 19.8 Å². The molecule has 1 heterocycles. The largest absolute Gasteiger partial charge is 0.489 e. The lowest BCUT2D eigenvalue weighted by Crippen LogP contribution is -2.41. The van der Waals surface area contributed by atoms with Gasteiger partial charge in [-0.1, -0.05) is 19.1 Å².